The predicted octanol–water partition coefficient (Wildman–Crippen LogP) is 2.78. The molecule has 3 rings (SSSR count). The summed E-state index contributed by atoms with van der Waals surface area (Å²) in [5.74, 6) is 1.25. The molecule has 2 amide bonds. The van der Waals surface area contributed by atoms with Gasteiger partial charge in [-0.05, 0) is 47.8 Å². The third-order valence-corrected chi connectivity index (χ3v) is 5.59. The highest BCUT2D eigenvalue weighted by Gasteiger charge is 2.30. The van der Waals surface area contributed by atoms with Gasteiger partial charge in [-0.1, -0.05) is 23.9 Å². The minimum atomic E-state index is -0.275. The van der Waals surface area contributed by atoms with Crippen molar-refractivity contribution in [1.29, 1.82) is 0 Å². The Kier molecular flexibility index (Phi) is 6.31. The van der Waals surface area contributed by atoms with Gasteiger partial charge in [0, 0.05) is 16.9 Å². The number of nitrogens with one attached hydrogen (secondary N) is 2. The van der Waals surface area contributed by atoms with Crippen molar-refractivity contribution in [2.75, 3.05) is 17.6 Å². The first-order valence-electron chi connectivity index (χ1n) is 8.45. The largest absolute Gasteiger partial charge is 0.346 e. The molecule has 1 heterocycles. The molecule has 2 N–H and O–H groups in total. The van der Waals surface area contributed by atoms with Gasteiger partial charge in [0.05, 0.1) is 18.0 Å². The molecular weight excluding hydrogens is 418 g/mol. The van der Waals surface area contributed by atoms with E-state index in [0.29, 0.717) is 11.6 Å². The molecule has 138 valence electrons. The maximum Gasteiger partial charge on any atom is 0.243 e. The number of aromatic nitrogens is 3. The van der Waals surface area contributed by atoms with Crippen molar-refractivity contribution >= 4 is 45.2 Å². The summed E-state index contributed by atoms with van der Waals surface area (Å²) in [6.07, 6.45) is 2.33. The molecule has 1 fully saturated rings. The summed E-state index contributed by atoms with van der Waals surface area (Å²) in [5.41, 5.74) is 0.671. The van der Waals surface area contributed by atoms with Gasteiger partial charge >= 0.3 is 0 Å². The fourth-order valence-electron chi connectivity index (χ4n) is 2.46. The average Bonchev–Trinajstić information content (AvgIpc) is 3.40. The second-order valence-electron chi connectivity index (χ2n) is 5.95. The van der Waals surface area contributed by atoms with Gasteiger partial charge in [0.1, 0.15) is 5.82 Å². The van der Waals surface area contributed by atoms with Gasteiger partial charge in [0.15, 0.2) is 5.16 Å². The van der Waals surface area contributed by atoms with Gasteiger partial charge < -0.3 is 15.2 Å². The van der Waals surface area contributed by atoms with E-state index in [4.69, 9.17) is 0 Å². The monoisotopic (exact) mass is 437 g/mol. The molecule has 1 saturated carbocycles. The van der Waals surface area contributed by atoms with Gasteiger partial charge in [-0.25, -0.2) is 0 Å². The standard InChI is InChI=1S/C17H20BrN5O2S/c1-2-23-16(11-7-8-11)21-22-17(23)26-10-15(25)19-9-14(24)20-13-6-4-3-5-12(13)18/h3-6,11H,2,7-10H2,1H3,(H,19,25)(H,20,24). The number of thioether (sulfide) groups is 1. The van der Waals surface area contributed by atoms with Crippen LogP contribution < -0.4 is 10.6 Å². The zero-order chi connectivity index (χ0) is 18.5. The molecular formula is C17H20BrN5O2S. The third kappa shape index (κ3) is 4.85. The van der Waals surface area contributed by atoms with E-state index < -0.39 is 0 Å². The molecule has 1 aliphatic rings. The third-order valence-electron chi connectivity index (χ3n) is 3.93. The van der Waals surface area contributed by atoms with Crippen molar-refractivity contribution in [3.05, 3.63) is 34.6 Å². The molecule has 1 aromatic heterocycles. The zero-order valence-corrected chi connectivity index (χ0v) is 16.8. The molecule has 0 saturated heterocycles. The lowest BCUT2D eigenvalue weighted by Crippen LogP contribution is -2.34. The van der Waals surface area contributed by atoms with Gasteiger partial charge in [-0.3, -0.25) is 9.59 Å². The Bertz CT molecular complexity index is 806. The molecule has 1 aliphatic carbocycles. The quantitative estimate of drug-likeness (QED) is 0.619. The SMILES string of the molecule is CCn1c(SCC(=O)NCC(=O)Nc2ccccc2Br)nnc1C1CC1. The molecule has 0 spiro atoms. The average molecular weight is 438 g/mol. The fourth-order valence-corrected chi connectivity index (χ4v) is 3.69. The first kappa shape index (κ1) is 18.9. The molecule has 7 nitrogen and oxygen atoms in total. The minimum Gasteiger partial charge on any atom is -0.346 e. The summed E-state index contributed by atoms with van der Waals surface area (Å²) in [6, 6.07) is 7.32. The lowest BCUT2D eigenvalue weighted by molar-refractivity contribution is -0.122. The summed E-state index contributed by atoms with van der Waals surface area (Å²) < 4.78 is 2.86. The minimum absolute atomic E-state index is 0.0749. The maximum absolute atomic E-state index is 12.0. The van der Waals surface area contributed by atoms with E-state index in [1.165, 1.54) is 11.8 Å². The lowest BCUT2D eigenvalue weighted by atomic mass is 10.3. The summed E-state index contributed by atoms with van der Waals surface area (Å²) in [7, 11) is 0. The van der Waals surface area contributed by atoms with Crippen molar-refractivity contribution in [2.24, 2.45) is 0 Å². The van der Waals surface area contributed by atoms with E-state index in [1.54, 1.807) is 6.07 Å². The number of nitrogens with zero attached hydrogens (tertiary/aromatic N) is 3. The second-order valence-corrected chi connectivity index (χ2v) is 7.75. The van der Waals surface area contributed by atoms with Gasteiger partial charge in [-0.2, -0.15) is 0 Å². The van der Waals surface area contributed by atoms with Crippen molar-refractivity contribution < 1.29 is 9.59 Å². The van der Waals surface area contributed by atoms with Crippen LogP contribution in [0.25, 0.3) is 0 Å². The van der Waals surface area contributed by atoms with E-state index in [1.807, 2.05) is 25.1 Å². The molecule has 1 aromatic carbocycles. The van der Waals surface area contributed by atoms with Crippen LogP contribution in [0.1, 0.15) is 31.5 Å². The lowest BCUT2D eigenvalue weighted by Gasteiger charge is -2.09. The van der Waals surface area contributed by atoms with Crippen LogP contribution in [0.5, 0.6) is 0 Å². The van der Waals surface area contributed by atoms with Crippen LogP contribution in [0.15, 0.2) is 33.9 Å². The number of hydrogen-bond acceptors (Lipinski definition) is 5. The smallest absolute Gasteiger partial charge is 0.243 e. The number of benzene rings is 1. The summed E-state index contributed by atoms with van der Waals surface area (Å²) >= 11 is 4.71. The summed E-state index contributed by atoms with van der Waals surface area (Å²) in [4.78, 5) is 24.0. The number of rotatable bonds is 8. The zero-order valence-electron chi connectivity index (χ0n) is 14.4. The van der Waals surface area contributed by atoms with Gasteiger partial charge in [0.2, 0.25) is 11.8 Å². The van der Waals surface area contributed by atoms with Crippen molar-refractivity contribution in [1.82, 2.24) is 20.1 Å². The van der Waals surface area contributed by atoms with Crippen LogP contribution in [0, 0.1) is 0 Å². The van der Waals surface area contributed by atoms with E-state index in [2.05, 4.69) is 41.3 Å². The Labute approximate surface area is 164 Å². The van der Waals surface area contributed by atoms with Crippen molar-refractivity contribution in [2.45, 2.75) is 37.4 Å². The van der Waals surface area contributed by atoms with Crippen LogP contribution in [0.2, 0.25) is 0 Å². The fraction of sp³-hybridized carbons (Fsp3) is 0.412. The van der Waals surface area contributed by atoms with Gasteiger partial charge in [0.25, 0.3) is 0 Å². The molecule has 0 atom stereocenters. The first-order chi connectivity index (χ1) is 12.6. The highest BCUT2D eigenvalue weighted by atomic mass is 79.9. The number of halogens is 1. The number of hydrogen-bond donors (Lipinski definition) is 2. The predicted molar refractivity (Wildman–Crippen MR) is 104 cm³/mol. The highest BCUT2D eigenvalue weighted by molar-refractivity contribution is 9.10. The Hall–Kier alpha value is -1.87. The molecule has 0 aliphatic heterocycles. The molecule has 2 aromatic rings. The maximum atomic E-state index is 12.0. The van der Waals surface area contributed by atoms with Crippen LogP contribution >= 0.6 is 27.7 Å². The topological polar surface area (TPSA) is 88.9 Å². The second kappa shape index (κ2) is 8.68. The molecule has 0 unspecified atom stereocenters. The number of para-hydroxylation sites is 1. The van der Waals surface area contributed by atoms with Crippen LogP contribution in [0.4, 0.5) is 5.69 Å². The van der Waals surface area contributed by atoms with E-state index in [-0.39, 0.29) is 24.1 Å². The number of amides is 2. The Balaban J connectivity index is 1.44. The van der Waals surface area contributed by atoms with Crippen LogP contribution in [-0.4, -0.2) is 38.9 Å². The van der Waals surface area contributed by atoms with E-state index >= 15 is 0 Å². The first-order valence-corrected chi connectivity index (χ1v) is 10.2. The highest BCUT2D eigenvalue weighted by Crippen LogP contribution is 2.39. The van der Waals surface area contributed by atoms with Crippen LogP contribution in [0.3, 0.4) is 0 Å². The molecule has 0 bridgehead atoms. The Morgan fingerprint density at radius 2 is 2.04 bits per heavy atom. The normalized spacial score (nSPS) is 13.5. The molecule has 9 heteroatoms. The number of carbonyl (C=O) groups is 2. The summed E-state index contributed by atoms with van der Waals surface area (Å²) in [6.45, 7) is 2.76. The van der Waals surface area contributed by atoms with Crippen LogP contribution in [-0.2, 0) is 16.1 Å². The van der Waals surface area contributed by atoms with Crippen molar-refractivity contribution in [3.8, 4) is 0 Å². The summed E-state index contributed by atoms with van der Waals surface area (Å²) in [5, 5.41) is 14.6. The van der Waals surface area contributed by atoms with Crippen molar-refractivity contribution in [3.63, 3.8) is 0 Å². The number of carbonyl (C=O) groups excluding carboxylic acids is 2. The molecule has 0 radical (unpaired) electrons. The Morgan fingerprint density at radius 3 is 2.73 bits per heavy atom. The number of anilines is 1. The van der Waals surface area contributed by atoms with Gasteiger partial charge in [-0.15, -0.1) is 10.2 Å². The Morgan fingerprint density at radius 1 is 1.27 bits per heavy atom. The molecule has 26 heavy (non-hydrogen) atoms. The van der Waals surface area contributed by atoms with E-state index in [9.17, 15) is 9.59 Å². The van der Waals surface area contributed by atoms with E-state index in [0.717, 1.165) is 34.8 Å².